The van der Waals surface area contributed by atoms with E-state index in [-0.39, 0.29) is 6.04 Å². The number of hydrogen-bond donors (Lipinski definition) is 1. The average molecular weight is 299 g/mol. The number of benzene rings is 1. The lowest BCUT2D eigenvalue weighted by Crippen LogP contribution is -2.27. The van der Waals surface area contributed by atoms with E-state index in [0.717, 1.165) is 35.8 Å². The average Bonchev–Trinajstić information content (AvgIpc) is 2.46. The van der Waals surface area contributed by atoms with Gasteiger partial charge in [-0.05, 0) is 19.0 Å². The summed E-state index contributed by atoms with van der Waals surface area (Å²) in [6, 6.07) is 5.79. The number of hydrogen-bond acceptors (Lipinski definition) is 4. The van der Waals surface area contributed by atoms with Gasteiger partial charge in [0.1, 0.15) is 11.5 Å². The van der Waals surface area contributed by atoms with Gasteiger partial charge in [-0.2, -0.15) is 0 Å². The third-order valence-corrected chi connectivity index (χ3v) is 4.62. The molecule has 1 rings (SSSR count). The van der Waals surface area contributed by atoms with Crippen molar-refractivity contribution in [3.05, 3.63) is 23.8 Å². The highest BCUT2D eigenvalue weighted by Crippen LogP contribution is 2.30. The van der Waals surface area contributed by atoms with Gasteiger partial charge < -0.3 is 14.8 Å². The van der Waals surface area contributed by atoms with Gasteiger partial charge in [-0.3, -0.25) is 4.21 Å². The van der Waals surface area contributed by atoms with E-state index in [4.69, 9.17) is 9.47 Å². The molecule has 0 aliphatic heterocycles. The van der Waals surface area contributed by atoms with Crippen molar-refractivity contribution < 1.29 is 13.7 Å². The lowest BCUT2D eigenvalue weighted by Gasteiger charge is -2.21. The fourth-order valence-electron chi connectivity index (χ4n) is 2.11. The summed E-state index contributed by atoms with van der Waals surface area (Å²) in [5, 5.41) is 3.39. The van der Waals surface area contributed by atoms with E-state index in [9.17, 15) is 4.21 Å². The van der Waals surface area contributed by atoms with Crippen LogP contribution in [0, 0.1) is 0 Å². The van der Waals surface area contributed by atoms with E-state index in [1.165, 1.54) is 0 Å². The van der Waals surface area contributed by atoms with Crippen molar-refractivity contribution in [2.24, 2.45) is 0 Å². The number of nitrogens with one attached hydrogen (secondary N) is 1. The topological polar surface area (TPSA) is 47.6 Å². The second-order valence-electron chi connectivity index (χ2n) is 4.53. The summed E-state index contributed by atoms with van der Waals surface area (Å²) >= 11 is 0. The molecule has 0 fully saturated rings. The summed E-state index contributed by atoms with van der Waals surface area (Å²) in [5.41, 5.74) is 1.03. The van der Waals surface area contributed by atoms with E-state index in [1.807, 2.05) is 32.0 Å². The smallest absolute Gasteiger partial charge is 0.127 e. The fourth-order valence-corrected chi connectivity index (χ4v) is 3.40. The van der Waals surface area contributed by atoms with Crippen molar-refractivity contribution in [1.29, 1.82) is 0 Å². The van der Waals surface area contributed by atoms with Gasteiger partial charge >= 0.3 is 0 Å². The summed E-state index contributed by atoms with van der Waals surface area (Å²) in [6.07, 6.45) is 0.936. The maximum atomic E-state index is 12.0. The monoisotopic (exact) mass is 299 g/mol. The summed E-state index contributed by atoms with van der Waals surface area (Å²) in [7, 11) is 2.46. The minimum absolute atomic E-state index is 0.0354. The fraction of sp³-hybridized carbons (Fsp3) is 0.600. The highest BCUT2D eigenvalue weighted by atomic mass is 32.2. The van der Waals surface area contributed by atoms with Crippen LogP contribution in [-0.4, -0.2) is 36.5 Å². The molecule has 2 atom stereocenters. The molecule has 4 nitrogen and oxygen atoms in total. The Balaban J connectivity index is 2.98. The largest absolute Gasteiger partial charge is 0.497 e. The summed E-state index contributed by atoms with van der Waals surface area (Å²) in [6.45, 7) is 4.92. The van der Waals surface area contributed by atoms with Crippen LogP contribution in [0.25, 0.3) is 0 Å². The number of rotatable bonds is 9. The Kier molecular flexibility index (Phi) is 7.62. The van der Waals surface area contributed by atoms with Gasteiger partial charge in [-0.15, -0.1) is 0 Å². The van der Waals surface area contributed by atoms with E-state index in [2.05, 4.69) is 5.32 Å². The van der Waals surface area contributed by atoms with Crippen LogP contribution in [0.15, 0.2) is 18.2 Å². The van der Waals surface area contributed by atoms with E-state index >= 15 is 0 Å². The molecule has 0 saturated carbocycles. The van der Waals surface area contributed by atoms with Crippen molar-refractivity contribution >= 4 is 10.8 Å². The first-order valence-electron chi connectivity index (χ1n) is 6.96. The molecule has 5 heteroatoms. The molecule has 0 amide bonds. The summed E-state index contributed by atoms with van der Waals surface area (Å²) in [4.78, 5) is 0. The lowest BCUT2D eigenvalue weighted by atomic mass is 10.1. The van der Waals surface area contributed by atoms with Crippen LogP contribution >= 0.6 is 0 Å². The minimum Gasteiger partial charge on any atom is -0.497 e. The zero-order chi connectivity index (χ0) is 15.0. The van der Waals surface area contributed by atoms with Crippen molar-refractivity contribution in [1.82, 2.24) is 5.32 Å². The predicted molar refractivity (Wildman–Crippen MR) is 84.1 cm³/mol. The molecular formula is C15H25NO3S. The number of ether oxygens (including phenoxy) is 2. The van der Waals surface area contributed by atoms with Crippen LogP contribution in [-0.2, 0) is 10.8 Å². The molecule has 1 aromatic carbocycles. The summed E-state index contributed by atoms with van der Waals surface area (Å²) < 4.78 is 22.7. The molecular weight excluding hydrogens is 274 g/mol. The minimum atomic E-state index is -0.819. The molecule has 1 aromatic rings. The highest BCUT2D eigenvalue weighted by Gasteiger charge is 2.18. The van der Waals surface area contributed by atoms with Crippen molar-refractivity contribution in [3.63, 3.8) is 0 Å². The Morgan fingerprint density at radius 1 is 1.25 bits per heavy atom. The van der Waals surface area contributed by atoms with Crippen LogP contribution in [0.4, 0.5) is 0 Å². The molecule has 0 radical (unpaired) electrons. The molecule has 0 spiro atoms. The lowest BCUT2D eigenvalue weighted by molar-refractivity contribution is 0.386. The van der Waals surface area contributed by atoms with Gasteiger partial charge in [0.2, 0.25) is 0 Å². The Morgan fingerprint density at radius 2 is 2.00 bits per heavy atom. The molecule has 114 valence electrons. The van der Waals surface area contributed by atoms with Gasteiger partial charge in [0, 0.05) is 40.0 Å². The maximum absolute atomic E-state index is 12.0. The van der Waals surface area contributed by atoms with Crippen LogP contribution in [0.3, 0.4) is 0 Å². The Morgan fingerprint density at radius 3 is 2.55 bits per heavy atom. The van der Waals surface area contributed by atoms with Crippen LogP contribution in [0.2, 0.25) is 0 Å². The highest BCUT2D eigenvalue weighted by molar-refractivity contribution is 7.85. The molecule has 2 unspecified atom stereocenters. The van der Waals surface area contributed by atoms with Gasteiger partial charge in [0.25, 0.3) is 0 Å². The van der Waals surface area contributed by atoms with Crippen LogP contribution in [0.1, 0.15) is 31.9 Å². The molecule has 0 aliphatic rings. The Bertz CT molecular complexity index is 437. The predicted octanol–water partition coefficient (Wildman–Crippen LogP) is 2.51. The van der Waals surface area contributed by atoms with Crippen LogP contribution in [0.5, 0.6) is 11.5 Å². The van der Waals surface area contributed by atoms with Gasteiger partial charge in [0.15, 0.2) is 0 Å². The first kappa shape index (κ1) is 17.0. The van der Waals surface area contributed by atoms with E-state index in [0.29, 0.717) is 5.75 Å². The normalized spacial score (nSPS) is 13.8. The molecule has 20 heavy (non-hydrogen) atoms. The second-order valence-corrected chi connectivity index (χ2v) is 6.15. The molecule has 0 bridgehead atoms. The Hall–Kier alpha value is -1.07. The van der Waals surface area contributed by atoms with Crippen LogP contribution < -0.4 is 14.8 Å². The zero-order valence-corrected chi connectivity index (χ0v) is 13.6. The third-order valence-electron chi connectivity index (χ3n) is 3.05. The molecule has 0 saturated heterocycles. The van der Waals surface area contributed by atoms with E-state index in [1.54, 1.807) is 14.2 Å². The van der Waals surface area contributed by atoms with E-state index < -0.39 is 10.8 Å². The Labute approximate surface area is 124 Å². The SMILES string of the molecule is CCCS(=O)CC(NCC)c1ccc(OC)cc1OC. The maximum Gasteiger partial charge on any atom is 0.127 e. The summed E-state index contributed by atoms with van der Waals surface area (Å²) in [5.74, 6) is 2.87. The van der Waals surface area contributed by atoms with Crippen molar-refractivity contribution in [3.8, 4) is 11.5 Å². The molecule has 0 aromatic heterocycles. The quantitative estimate of drug-likeness (QED) is 0.761. The first-order chi connectivity index (χ1) is 9.65. The zero-order valence-electron chi connectivity index (χ0n) is 12.8. The molecule has 1 N–H and O–H groups in total. The first-order valence-corrected chi connectivity index (χ1v) is 8.45. The van der Waals surface area contributed by atoms with Crippen molar-refractivity contribution in [2.75, 3.05) is 32.3 Å². The van der Waals surface area contributed by atoms with Gasteiger partial charge in [-0.1, -0.05) is 19.9 Å². The second kappa shape index (κ2) is 8.97. The van der Waals surface area contributed by atoms with Gasteiger partial charge in [-0.25, -0.2) is 0 Å². The molecule has 0 aliphatic carbocycles. The van der Waals surface area contributed by atoms with Gasteiger partial charge in [0.05, 0.1) is 14.2 Å². The third kappa shape index (κ3) is 4.80. The number of methoxy groups -OCH3 is 2. The standard InChI is InChI=1S/C15H25NO3S/c1-5-9-20(17)11-14(16-6-2)13-8-7-12(18-3)10-15(13)19-4/h7-8,10,14,16H,5-6,9,11H2,1-4H3. The molecule has 0 heterocycles. The van der Waals surface area contributed by atoms with Crippen molar-refractivity contribution in [2.45, 2.75) is 26.3 Å².